The van der Waals surface area contributed by atoms with E-state index >= 15 is 0 Å². The van der Waals surface area contributed by atoms with E-state index in [0.717, 1.165) is 10.0 Å². The predicted molar refractivity (Wildman–Crippen MR) is 83.9 cm³/mol. The molecule has 2 aromatic carbocycles. The van der Waals surface area contributed by atoms with Gasteiger partial charge in [-0.2, -0.15) is 0 Å². The number of non-ortho nitro benzene ring substituents is 1. The van der Waals surface area contributed by atoms with Gasteiger partial charge in [0, 0.05) is 16.6 Å². The molecule has 0 aliphatic carbocycles. The quantitative estimate of drug-likeness (QED) is 0.604. The third-order valence-corrected chi connectivity index (χ3v) is 3.84. The number of anilines is 1. The Hall–Kier alpha value is -1.95. The highest BCUT2D eigenvalue weighted by Crippen LogP contribution is 2.30. The Balaban J connectivity index is 2.29. The van der Waals surface area contributed by atoms with Crippen molar-refractivity contribution < 1.29 is 9.31 Å². The average Bonchev–Trinajstić information content (AvgIpc) is 2.48. The van der Waals surface area contributed by atoms with Crippen LogP contribution in [-0.4, -0.2) is 4.92 Å². The van der Waals surface area contributed by atoms with E-state index in [1.54, 1.807) is 12.1 Å². The molecule has 2 rings (SSSR count). The number of rotatable bonds is 5. The summed E-state index contributed by atoms with van der Waals surface area (Å²) in [6, 6.07) is 10.7. The van der Waals surface area contributed by atoms with Crippen LogP contribution in [0.15, 0.2) is 46.9 Å². The van der Waals surface area contributed by atoms with Gasteiger partial charge in [0.25, 0.3) is 5.69 Å². The van der Waals surface area contributed by atoms with Gasteiger partial charge in [0.05, 0.1) is 16.7 Å². The van der Waals surface area contributed by atoms with Crippen molar-refractivity contribution >= 4 is 27.3 Å². The highest BCUT2D eigenvalue weighted by molar-refractivity contribution is 9.10. The molecule has 0 aliphatic heterocycles. The lowest BCUT2D eigenvalue weighted by atomic mass is 10.0. The summed E-state index contributed by atoms with van der Waals surface area (Å²) >= 11 is 3.36. The summed E-state index contributed by atoms with van der Waals surface area (Å²) < 4.78 is 14.1. The van der Waals surface area contributed by atoms with Crippen molar-refractivity contribution in [2.75, 3.05) is 5.32 Å². The van der Waals surface area contributed by atoms with E-state index in [2.05, 4.69) is 21.2 Å². The van der Waals surface area contributed by atoms with E-state index in [4.69, 9.17) is 0 Å². The Kier molecular flexibility index (Phi) is 4.90. The van der Waals surface area contributed by atoms with Crippen LogP contribution >= 0.6 is 15.9 Å². The second-order valence-electron chi connectivity index (χ2n) is 4.58. The lowest BCUT2D eigenvalue weighted by molar-refractivity contribution is -0.384. The summed E-state index contributed by atoms with van der Waals surface area (Å²) in [5, 5.41) is 14.1. The van der Waals surface area contributed by atoms with Crippen molar-refractivity contribution in [3.8, 4) is 0 Å². The van der Waals surface area contributed by atoms with Gasteiger partial charge < -0.3 is 5.32 Å². The predicted octanol–water partition coefficient (Wildman–Crippen LogP) is 5.06. The van der Waals surface area contributed by atoms with E-state index in [1.165, 1.54) is 24.3 Å². The molecule has 0 aromatic heterocycles. The van der Waals surface area contributed by atoms with Crippen LogP contribution < -0.4 is 5.32 Å². The van der Waals surface area contributed by atoms with Gasteiger partial charge in [-0.05, 0) is 46.1 Å². The van der Waals surface area contributed by atoms with E-state index in [-0.39, 0.29) is 17.5 Å². The van der Waals surface area contributed by atoms with Crippen LogP contribution in [0.1, 0.15) is 24.9 Å². The SMILES string of the molecule is CCC(Nc1cc(F)ccc1Br)c1cccc([N+](=O)[O-])c1. The van der Waals surface area contributed by atoms with E-state index < -0.39 is 4.92 Å². The topological polar surface area (TPSA) is 55.2 Å². The van der Waals surface area contributed by atoms with E-state index in [0.29, 0.717) is 12.1 Å². The molecular formula is C15H14BrFN2O2. The largest absolute Gasteiger partial charge is 0.377 e. The summed E-state index contributed by atoms with van der Waals surface area (Å²) in [5.74, 6) is -0.338. The Morgan fingerprint density at radius 1 is 1.33 bits per heavy atom. The van der Waals surface area contributed by atoms with Crippen molar-refractivity contribution in [2.24, 2.45) is 0 Å². The van der Waals surface area contributed by atoms with Crippen LogP contribution in [0.5, 0.6) is 0 Å². The van der Waals surface area contributed by atoms with Gasteiger partial charge in [-0.25, -0.2) is 4.39 Å². The first-order valence-electron chi connectivity index (χ1n) is 6.47. The standard InChI is InChI=1S/C15H14BrFN2O2/c1-2-14(10-4-3-5-12(8-10)19(20)21)18-15-9-11(17)6-7-13(15)16/h3-9,14,18H,2H2,1H3. The van der Waals surface area contributed by atoms with E-state index in [9.17, 15) is 14.5 Å². The zero-order valence-electron chi connectivity index (χ0n) is 11.3. The third kappa shape index (κ3) is 3.78. The molecule has 2 aromatic rings. The molecule has 0 amide bonds. The molecule has 4 nitrogen and oxygen atoms in total. The maximum atomic E-state index is 13.3. The number of nitrogens with one attached hydrogen (secondary N) is 1. The highest BCUT2D eigenvalue weighted by atomic mass is 79.9. The Morgan fingerprint density at radius 3 is 2.76 bits per heavy atom. The fourth-order valence-electron chi connectivity index (χ4n) is 2.07. The number of nitro groups is 1. The van der Waals surface area contributed by atoms with Gasteiger partial charge in [-0.15, -0.1) is 0 Å². The van der Waals surface area contributed by atoms with Crippen molar-refractivity contribution in [3.05, 3.63) is 68.4 Å². The first-order chi connectivity index (χ1) is 10.0. The van der Waals surface area contributed by atoms with Crippen LogP contribution in [0, 0.1) is 15.9 Å². The molecule has 0 radical (unpaired) electrons. The Labute approximate surface area is 130 Å². The van der Waals surface area contributed by atoms with Crippen LogP contribution in [-0.2, 0) is 0 Å². The highest BCUT2D eigenvalue weighted by Gasteiger charge is 2.14. The van der Waals surface area contributed by atoms with Gasteiger partial charge in [0.2, 0.25) is 0 Å². The van der Waals surface area contributed by atoms with Gasteiger partial charge >= 0.3 is 0 Å². The molecule has 1 atom stereocenters. The molecule has 0 fully saturated rings. The minimum atomic E-state index is -0.422. The fraction of sp³-hybridized carbons (Fsp3) is 0.200. The number of halogens is 2. The lowest BCUT2D eigenvalue weighted by Gasteiger charge is -2.19. The normalized spacial score (nSPS) is 12.0. The number of nitro benzene ring substituents is 1. The maximum Gasteiger partial charge on any atom is 0.269 e. The second kappa shape index (κ2) is 6.67. The summed E-state index contributed by atoms with van der Waals surface area (Å²) in [4.78, 5) is 10.4. The smallest absolute Gasteiger partial charge is 0.269 e. The summed E-state index contributed by atoms with van der Waals surface area (Å²) in [6.07, 6.45) is 0.712. The number of benzene rings is 2. The van der Waals surface area contributed by atoms with Crippen LogP contribution in [0.2, 0.25) is 0 Å². The van der Waals surface area contributed by atoms with E-state index in [1.807, 2.05) is 13.0 Å². The van der Waals surface area contributed by atoms with Crippen LogP contribution in [0.25, 0.3) is 0 Å². The Bertz CT molecular complexity index is 664. The first kappa shape index (κ1) is 15.4. The molecule has 1 N–H and O–H groups in total. The molecule has 0 spiro atoms. The van der Waals surface area contributed by atoms with Crippen molar-refractivity contribution in [3.63, 3.8) is 0 Å². The monoisotopic (exact) mass is 352 g/mol. The van der Waals surface area contributed by atoms with Crippen molar-refractivity contribution in [1.82, 2.24) is 0 Å². The van der Waals surface area contributed by atoms with Crippen molar-refractivity contribution in [2.45, 2.75) is 19.4 Å². The van der Waals surface area contributed by atoms with Crippen molar-refractivity contribution in [1.29, 1.82) is 0 Å². The molecule has 0 saturated carbocycles. The molecule has 6 heteroatoms. The minimum Gasteiger partial charge on any atom is -0.377 e. The molecule has 0 heterocycles. The third-order valence-electron chi connectivity index (χ3n) is 3.15. The number of nitrogens with zero attached hydrogens (tertiary/aromatic N) is 1. The molecule has 0 aliphatic rings. The summed E-state index contributed by atoms with van der Waals surface area (Å²) in [5.41, 5.74) is 1.46. The molecule has 0 saturated heterocycles. The molecule has 1 unspecified atom stereocenters. The zero-order valence-corrected chi connectivity index (χ0v) is 12.9. The zero-order chi connectivity index (χ0) is 15.4. The average molecular weight is 353 g/mol. The number of hydrogen-bond donors (Lipinski definition) is 1. The van der Waals surface area contributed by atoms with Gasteiger partial charge in [-0.1, -0.05) is 19.1 Å². The maximum absolute atomic E-state index is 13.3. The molecule has 21 heavy (non-hydrogen) atoms. The second-order valence-corrected chi connectivity index (χ2v) is 5.44. The summed E-state index contributed by atoms with van der Waals surface area (Å²) in [6.45, 7) is 1.96. The lowest BCUT2D eigenvalue weighted by Crippen LogP contribution is -2.10. The van der Waals surface area contributed by atoms with Crippen LogP contribution in [0.3, 0.4) is 0 Å². The van der Waals surface area contributed by atoms with Crippen LogP contribution in [0.4, 0.5) is 15.8 Å². The van der Waals surface area contributed by atoms with Gasteiger partial charge in [0.1, 0.15) is 5.82 Å². The molecular weight excluding hydrogens is 339 g/mol. The molecule has 0 bridgehead atoms. The minimum absolute atomic E-state index is 0.0473. The Morgan fingerprint density at radius 2 is 2.10 bits per heavy atom. The fourth-order valence-corrected chi connectivity index (χ4v) is 2.43. The first-order valence-corrected chi connectivity index (χ1v) is 7.26. The summed E-state index contributed by atoms with van der Waals surface area (Å²) in [7, 11) is 0. The molecule has 110 valence electrons. The number of hydrogen-bond acceptors (Lipinski definition) is 3. The van der Waals surface area contributed by atoms with Gasteiger partial charge in [0.15, 0.2) is 0 Å². The van der Waals surface area contributed by atoms with Gasteiger partial charge in [-0.3, -0.25) is 10.1 Å².